The van der Waals surface area contributed by atoms with Crippen LogP contribution in [0.2, 0.25) is 0 Å². The smallest absolute Gasteiger partial charge is 0.260 e. The average Bonchev–Trinajstić information content (AvgIpc) is 3.40. The Morgan fingerprint density at radius 2 is 1.91 bits per heavy atom. The summed E-state index contributed by atoms with van der Waals surface area (Å²) in [5, 5.41) is 0.453. The molecule has 0 atom stereocenters. The summed E-state index contributed by atoms with van der Waals surface area (Å²) in [6.07, 6.45) is 2.74. The fraction of sp³-hybridized carbons (Fsp3) is 0.217. The third kappa shape index (κ3) is 4.84. The molecule has 166 valence electrons. The van der Waals surface area contributed by atoms with Crippen molar-refractivity contribution in [1.29, 1.82) is 0 Å². The number of amides is 1. The average molecular weight is 471 g/mol. The van der Waals surface area contributed by atoms with E-state index in [9.17, 15) is 13.2 Å². The van der Waals surface area contributed by atoms with Crippen LogP contribution in [0.5, 0.6) is 5.75 Å². The first-order valence-electron chi connectivity index (χ1n) is 9.92. The highest BCUT2D eigenvalue weighted by Gasteiger charge is 2.23. The summed E-state index contributed by atoms with van der Waals surface area (Å²) < 4.78 is 35.6. The SMILES string of the molecule is CC(C)Oc1ccc(C(=O)N(Cc2ccco2)c2nc3ccc(S(C)(=O)=O)cc3s2)cc1. The minimum Gasteiger partial charge on any atom is -0.491 e. The molecule has 32 heavy (non-hydrogen) atoms. The zero-order valence-electron chi connectivity index (χ0n) is 17.8. The number of hydrogen-bond donors (Lipinski definition) is 0. The minimum absolute atomic E-state index is 0.0339. The van der Waals surface area contributed by atoms with Gasteiger partial charge in [0.2, 0.25) is 0 Å². The lowest BCUT2D eigenvalue weighted by molar-refractivity contribution is 0.0983. The zero-order chi connectivity index (χ0) is 22.9. The van der Waals surface area contributed by atoms with E-state index < -0.39 is 9.84 Å². The van der Waals surface area contributed by atoms with Gasteiger partial charge in [-0.15, -0.1) is 0 Å². The van der Waals surface area contributed by atoms with Crippen LogP contribution >= 0.6 is 11.3 Å². The van der Waals surface area contributed by atoms with Crippen molar-refractivity contribution in [3.05, 3.63) is 72.2 Å². The van der Waals surface area contributed by atoms with E-state index in [1.165, 1.54) is 22.3 Å². The number of furan rings is 1. The van der Waals surface area contributed by atoms with E-state index in [2.05, 4.69) is 4.98 Å². The molecule has 0 spiro atoms. The largest absolute Gasteiger partial charge is 0.491 e. The highest BCUT2D eigenvalue weighted by molar-refractivity contribution is 7.90. The van der Waals surface area contributed by atoms with Crippen LogP contribution in [0.25, 0.3) is 10.2 Å². The van der Waals surface area contributed by atoms with E-state index in [4.69, 9.17) is 9.15 Å². The number of anilines is 1. The van der Waals surface area contributed by atoms with Gasteiger partial charge in [-0.1, -0.05) is 11.3 Å². The molecule has 0 bridgehead atoms. The lowest BCUT2D eigenvalue weighted by atomic mass is 10.2. The van der Waals surface area contributed by atoms with E-state index in [0.29, 0.717) is 32.4 Å². The van der Waals surface area contributed by atoms with Gasteiger partial charge in [0.15, 0.2) is 15.0 Å². The van der Waals surface area contributed by atoms with Crippen LogP contribution in [0.3, 0.4) is 0 Å². The number of fused-ring (bicyclic) bond motifs is 1. The second-order valence-corrected chi connectivity index (χ2v) is 10.6. The first-order valence-corrected chi connectivity index (χ1v) is 12.6. The highest BCUT2D eigenvalue weighted by Crippen LogP contribution is 2.32. The Morgan fingerprint density at radius 3 is 2.53 bits per heavy atom. The molecule has 1 amide bonds. The number of carbonyl (C=O) groups is 1. The van der Waals surface area contributed by atoms with E-state index >= 15 is 0 Å². The number of thiazole rings is 1. The fourth-order valence-electron chi connectivity index (χ4n) is 3.13. The summed E-state index contributed by atoms with van der Waals surface area (Å²) >= 11 is 1.26. The standard InChI is InChI=1S/C23H22N2O5S2/c1-15(2)30-17-8-6-16(7-9-17)22(26)25(14-18-5-4-12-29-18)23-24-20-11-10-19(32(3,27)28)13-21(20)31-23/h4-13,15H,14H2,1-3H3. The Labute approximate surface area is 190 Å². The zero-order valence-corrected chi connectivity index (χ0v) is 19.4. The van der Waals surface area contributed by atoms with Gasteiger partial charge in [-0.2, -0.15) is 0 Å². The van der Waals surface area contributed by atoms with Crippen LogP contribution in [-0.2, 0) is 16.4 Å². The van der Waals surface area contributed by atoms with Crippen molar-refractivity contribution in [3.63, 3.8) is 0 Å². The number of sulfone groups is 1. The second kappa shape index (κ2) is 8.76. The summed E-state index contributed by atoms with van der Waals surface area (Å²) in [4.78, 5) is 19.7. The van der Waals surface area contributed by atoms with Crippen LogP contribution in [0.4, 0.5) is 5.13 Å². The summed E-state index contributed by atoms with van der Waals surface area (Å²) in [5.74, 6) is 1.04. The first kappa shape index (κ1) is 22.0. The number of aromatic nitrogens is 1. The van der Waals surface area contributed by atoms with Crippen molar-refractivity contribution in [2.24, 2.45) is 0 Å². The molecular formula is C23H22N2O5S2. The van der Waals surface area contributed by atoms with E-state index in [1.54, 1.807) is 54.8 Å². The van der Waals surface area contributed by atoms with Gasteiger partial charge < -0.3 is 9.15 Å². The molecule has 2 aromatic heterocycles. The van der Waals surface area contributed by atoms with Gasteiger partial charge >= 0.3 is 0 Å². The molecule has 7 nitrogen and oxygen atoms in total. The predicted molar refractivity (Wildman–Crippen MR) is 124 cm³/mol. The van der Waals surface area contributed by atoms with Gasteiger partial charge in [0, 0.05) is 11.8 Å². The molecule has 4 rings (SSSR count). The number of benzene rings is 2. The second-order valence-electron chi connectivity index (χ2n) is 7.56. The van der Waals surface area contributed by atoms with Crippen LogP contribution in [-0.4, -0.2) is 31.7 Å². The normalized spacial score (nSPS) is 11.8. The van der Waals surface area contributed by atoms with Crippen molar-refractivity contribution >= 4 is 42.4 Å². The van der Waals surface area contributed by atoms with Crippen molar-refractivity contribution in [1.82, 2.24) is 4.98 Å². The number of hydrogen-bond acceptors (Lipinski definition) is 7. The maximum absolute atomic E-state index is 13.4. The molecule has 0 saturated carbocycles. The molecule has 0 saturated heterocycles. The Bertz CT molecular complexity index is 1340. The maximum Gasteiger partial charge on any atom is 0.260 e. The van der Waals surface area contributed by atoms with Gasteiger partial charge in [0.25, 0.3) is 5.91 Å². The Balaban J connectivity index is 1.71. The lowest BCUT2D eigenvalue weighted by Crippen LogP contribution is -2.30. The Morgan fingerprint density at radius 1 is 1.16 bits per heavy atom. The predicted octanol–water partition coefficient (Wildman–Crippen LogP) is 4.93. The van der Waals surface area contributed by atoms with Gasteiger partial charge in [-0.25, -0.2) is 13.4 Å². The topological polar surface area (TPSA) is 89.7 Å². The molecule has 9 heteroatoms. The number of carbonyl (C=O) groups excluding carboxylic acids is 1. The molecule has 0 aliphatic heterocycles. The molecule has 0 radical (unpaired) electrons. The minimum atomic E-state index is -3.35. The number of ether oxygens (including phenoxy) is 1. The summed E-state index contributed by atoms with van der Waals surface area (Å²) in [7, 11) is -3.35. The third-order valence-electron chi connectivity index (χ3n) is 4.62. The molecule has 0 N–H and O–H groups in total. The number of rotatable bonds is 7. The molecule has 0 fully saturated rings. The molecule has 0 unspecified atom stereocenters. The molecule has 0 aliphatic rings. The quantitative estimate of drug-likeness (QED) is 0.381. The Kier molecular flexibility index (Phi) is 6.03. The van der Waals surface area contributed by atoms with Crippen molar-refractivity contribution < 1.29 is 22.4 Å². The van der Waals surface area contributed by atoms with Crippen LogP contribution in [0, 0.1) is 0 Å². The molecule has 4 aromatic rings. The van der Waals surface area contributed by atoms with Gasteiger partial charge in [-0.05, 0) is 68.4 Å². The van der Waals surface area contributed by atoms with Crippen LogP contribution in [0.1, 0.15) is 30.0 Å². The number of nitrogens with zero attached hydrogens (tertiary/aromatic N) is 2. The fourth-order valence-corrected chi connectivity index (χ4v) is 4.85. The van der Waals surface area contributed by atoms with E-state index in [-0.39, 0.29) is 23.5 Å². The van der Waals surface area contributed by atoms with Gasteiger partial charge in [-0.3, -0.25) is 9.69 Å². The summed E-state index contributed by atoms with van der Waals surface area (Å²) in [6, 6.07) is 15.2. The van der Waals surface area contributed by atoms with Gasteiger partial charge in [0.1, 0.15) is 11.5 Å². The monoisotopic (exact) mass is 470 g/mol. The van der Waals surface area contributed by atoms with Gasteiger partial charge in [0.05, 0.1) is 34.0 Å². The van der Waals surface area contributed by atoms with E-state index in [1.807, 2.05) is 13.8 Å². The molecular weight excluding hydrogens is 448 g/mol. The van der Waals surface area contributed by atoms with Crippen molar-refractivity contribution in [3.8, 4) is 5.75 Å². The third-order valence-corrected chi connectivity index (χ3v) is 6.77. The van der Waals surface area contributed by atoms with E-state index in [0.717, 1.165) is 6.26 Å². The molecule has 2 aromatic carbocycles. The molecule has 2 heterocycles. The lowest BCUT2D eigenvalue weighted by Gasteiger charge is -2.19. The van der Waals surface area contributed by atoms with Crippen molar-refractivity contribution in [2.45, 2.75) is 31.4 Å². The highest BCUT2D eigenvalue weighted by atomic mass is 32.2. The summed E-state index contributed by atoms with van der Waals surface area (Å²) in [6.45, 7) is 4.06. The maximum atomic E-state index is 13.4. The van der Waals surface area contributed by atoms with Crippen LogP contribution < -0.4 is 9.64 Å². The van der Waals surface area contributed by atoms with Crippen molar-refractivity contribution in [2.75, 3.05) is 11.2 Å². The summed E-state index contributed by atoms with van der Waals surface area (Å²) in [5.41, 5.74) is 1.10. The first-order chi connectivity index (χ1) is 15.2. The van der Waals surface area contributed by atoms with Crippen LogP contribution in [0.15, 0.2) is 70.2 Å². The molecule has 0 aliphatic carbocycles. The Hall–Kier alpha value is -3.17.